The van der Waals surface area contributed by atoms with Gasteiger partial charge in [-0.1, -0.05) is 75.4 Å². The lowest BCUT2D eigenvalue weighted by Crippen LogP contribution is -2.13. The van der Waals surface area contributed by atoms with Crippen molar-refractivity contribution < 1.29 is 0 Å². The van der Waals surface area contributed by atoms with Crippen LogP contribution >= 0.6 is 0 Å². The second-order valence-corrected chi connectivity index (χ2v) is 7.88. The molecule has 0 radical (unpaired) electrons. The molecule has 3 rings (SSSR count). The van der Waals surface area contributed by atoms with Gasteiger partial charge in [-0.25, -0.2) is 0 Å². The molecule has 1 aliphatic carbocycles. The van der Waals surface area contributed by atoms with E-state index in [0.717, 1.165) is 17.4 Å². The number of hydrogen-bond acceptors (Lipinski definition) is 1. The smallest absolute Gasteiger partial charge is 0.0991 e. The van der Waals surface area contributed by atoms with Crippen LogP contribution < -0.4 is 0 Å². The molecular formula is C25H31N. The Morgan fingerprint density at radius 3 is 2.00 bits per heavy atom. The predicted molar refractivity (Wildman–Crippen MR) is 110 cm³/mol. The number of nitriles is 1. The first-order valence-corrected chi connectivity index (χ1v) is 10.4. The van der Waals surface area contributed by atoms with Gasteiger partial charge >= 0.3 is 0 Å². The maximum Gasteiger partial charge on any atom is 0.0991 e. The second kappa shape index (κ2) is 9.58. The quantitative estimate of drug-likeness (QED) is 0.477. The Morgan fingerprint density at radius 1 is 0.808 bits per heavy atom. The first kappa shape index (κ1) is 18.7. The third-order valence-corrected chi connectivity index (χ3v) is 6.04. The van der Waals surface area contributed by atoms with Gasteiger partial charge in [0.25, 0.3) is 0 Å². The van der Waals surface area contributed by atoms with E-state index >= 15 is 0 Å². The average Bonchev–Trinajstić information content (AvgIpc) is 2.72. The van der Waals surface area contributed by atoms with E-state index in [1.807, 2.05) is 24.3 Å². The average molecular weight is 346 g/mol. The van der Waals surface area contributed by atoms with Gasteiger partial charge in [-0.15, -0.1) is 0 Å². The summed E-state index contributed by atoms with van der Waals surface area (Å²) < 4.78 is 0. The zero-order chi connectivity index (χ0) is 18.2. The molecule has 1 nitrogen and oxygen atoms in total. The van der Waals surface area contributed by atoms with Crippen molar-refractivity contribution in [2.45, 2.75) is 70.6 Å². The molecule has 0 aromatic heterocycles. The van der Waals surface area contributed by atoms with Crippen molar-refractivity contribution in [3.63, 3.8) is 0 Å². The van der Waals surface area contributed by atoms with E-state index in [1.54, 1.807) is 0 Å². The van der Waals surface area contributed by atoms with Crippen molar-refractivity contribution in [2.75, 3.05) is 0 Å². The van der Waals surface area contributed by atoms with Crippen LogP contribution in [0.3, 0.4) is 0 Å². The Kier molecular flexibility index (Phi) is 6.89. The van der Waals surface area contributed by atoms with Crippen LogP contribution in [0, 0.1) is 17.2 Å². The van der Waals surface area contributed by atoms with Crippen LogP contribution in [-0.2, 0) is 0 Å². The Labute approximate surface area is 159 Å². The Hall–Kier alpha value is -2.07. The molecule has 0 amide bonds. The molecule has 2 aromatic rings. The van der Waals surface area contributed by atoms with Gasteiger partial charge in [-0.2, -0.15) is 5.26 Å². The molecule has 1 saturated carbocycles. The van der Waals surface area contributed by atoms with Gasteiger partial charge in [0.15, 0.2) is 0 Å². The van der Waals surface area contributed by atoms with E-state index in [2.05, 4.69) is 37.3 Å². The summed E-state index contributed by atoms with van der Waals surface area (Å²) in [4.78, 5) is 0. The zero-order valence-corrected chi connectivity index (χ0v) is 16.1. The minimum atomic E-state index is 0.719. The Bertz CT molecular complexity index is 697. The van der Waals surface area contributed by atoms with E-state index in [0.29, 0.717) is 0 Å². The summed E-state index contributed by atoms with van der Waals surface area (Å²) >= 11 is 0. The van der Waals surface area contributed by atoms with E-state index in [4.69, 9.17) is 5.26 Å². The van der Waals surface area contributed by atoms with Gasteiger partial charge in [0.2, 0.25) is 0 Å². The topological polar surface area (TPSA) is 23.8 Å². The molecule has 0 aliphatic heterocycles. The molecule has 2 aromatic carbocycles. The number of nitrogens with zero attached hydrogens (tertiary/aromatic N) is 1. The summed E-state index contributed by atoms with van der Waals surface area (Å²) in [6.45, 7) is 2.29. The normalized spacial score (nSPS) is 19.8. The number of unbranched alkanes of at least 4 members (excludes halogenated alkanes) is 3. The summed E-state index contributed by atoms with van der Waals surface area (Å²) in [6.07, 6.45) is 12.6. The zero-order valence-electron chi connectivity index (χ0n) is 16.1. The minimum absolute atomic E-state index is 0.719. The van der Waals surface area contributed by atoms with Crippen LogP contribution in [0.4, 0.5) is 0 Å². The molecule has 0 N–H and O–H groups in total. The third-order valence-electron chi connectivity index (χ3n) is 6.04. The van der Waals surface area contributed by atoms with Crippen molar-refractivity contribution in [1.82, 2.24) is 0 Å². The Balaban J connectivity index is 1.52. The maximum atomic E-state index is 8.92. The molecular weight excluding hydrogens is 314 g/mol. The Morgan fingerprint density at radius 2 is 1.42 bits per heavy atom. The number of hydrogen-bond donors (Lipinski definition) is 0. The van der Waals surface area contributed by atoms with Crippen molar-refractivity contribution >= 4 is 0 Å². The van der Waals surface area contributed by atoms with Crippen LogP contribution in [0.1, 0.15) is 81.8 Å². The van der Waals surface area contributed by atoms with Gasteiger partial charge in [0.1, 0.15) is 0 Å². The summed E-state index contributed by atoms with van der Waals surface area (Å²) in [5.41, 5.74) is 4.65. The van der Waals surface area contributed by atoms with Gasteiger partial charge in [0.05, 0.1) is 11.6 Å². The molecule has 136 valence electrons. The lowest BCUT2D eigenvalue weighted by atomic mass is 9.77. The standard InChI is InChI=1S/C25H31N/c1-2-3-4-5-6-20-7-11-22(12-8-20)24-15-17-25(18-16-24)23-13-9-21(19-26)10-14-23/h9-10,13-18,20,22H,2-8,11-12H2,1H3. The SMILES string of the molecule is CCCCCCC1CCC(c2ccc(-c3ccc(C#N)cc3)cc2)CC1. The number of benzene rings is 2. The largest absolute Gasteiger partial charge is 0.192 e. The predicted octanol–water partition coefficient (Wildman–Crippen LogP) is 7.47. The van der Waals surface area contributed by atoms with Crippen molar-refractivity contribution in [3.8, 4) is 17.2 Å². The number of rotatable bonds is 7. The van der Waals surface area contributed by atoms with Crippen LogP contribution in [0.25, 0.3) is 11.1 Å². The van der Waals surface area contributed by atoms with Crippen LogP contribution in [0.15, 0.2) is 48.5 Å². The lowest BCUT2D eigenvalue weighted by Gasteiger charge is -2.29. The minimum Gasteiger partial charge on any atom is -0.192 e. The van der Waals surface area contributed by atoms with Gasteiger partial charge < -0.3 is 0 Å². The molecule has 0 spiro atoms. The van der Waals surface area contributed by atoms with Crippen LogP contribution in [-0.4, -0.2) is 0 Å². The first-order chi connectivity index (χ1) is 12.8. The van der Waals surface area contributed by atoms with E-state index in [1.165, 1.54) is 74.5 Å². The molecule has 0 atom stereocenters. The molecule has 0 saturated heterocycles. The van der Waals surface area contributed by atoms with E-state index in [-0.39, 0.29) is 0 Å². The summed E-state index contributed by atoms with van der Waals surface area (Å²) in [5, 5.41) is 8.92. The van der Waals surface area contributed by atoms with Gasteiger partial charge in [-0.3, -0.25) is 0 Å². The fourth-order valence-electron chi connectivity index (χ4n) is 4.33. The van der Waals surface area contributed by atoms with Gasteiger partial charge in [-0.05, 0) is 66.3 Å². The highest BCUT2D eigenvalue weighted by Gasteiger charge is 2.22. The molecule has 1 aliphatic rings. The summed E-state index contributed by atoms with van der Waals surface area (Å²) in [6, 6.07) is 19.2. The van der Waals surface area contributed by atoms with Crippen LogP contribution in [0.5, 0.6) is 0 Å². The fourth-order valence-corrected chi connectivity index (χ4v) is 4.33. The highest BCUT2D eigenvalue weighted by atomic mass is 14.3. The van der Waals surface area contributed by atoms with E-state index in [9.17, 15) is 0 Å². The first-order valence-electron chi connectivity index (χ1n) is 10.4. The van der Waals surface area contributed by atoms with Gasteiger partial charge in [0, 0.05) is 0 Å². The molecule has 26 heavy (non-hydrogen) atoms. The monoisotopic (exact) mass is 345 g/mol. The fraction of sp³-hybridized carbons (Fsp3) is 0.480. The van der Waals surface area contributed by atoms with E-state index < -0.39 is 0 Å². The maximum absolute atomic E-state index is 8.92. The second-order valence-electron chi connectivity index (χ2n) is 7.88. The molecule has 1 heteroatoms. The summed E-state index contributed by atoms with van der Waals surface area (Å²) in [5.74, 6) is 1.72. The molecule has 0 unspecified atom stereocenters. The highest BCUT2D eigenvalue weighted by Crippen LogP contribution is 2.38. The molecule has 0 heterocycles. The van der Waals surface area contributed by atoms with Crippen molar-refractivity contribution in [3.05, 3.63) is 59.7 Å². The third kappa shape index (κ3) is 4.98. The van der Waals surface area contributed by atoms with Crippen molar-refractivity contribution in [1.29, 1.82) is 5.26 Å². The summed E-state index contributed by atoms with van der Waals surface area (Å²) in [7, 11) is 0. The molecule has 1 fully saturated rings. The highest BCUT2D eigenvalue weighted by molar-refractivity contribution is 5.64. The van der Waals surface area contributed by atoms with Crippen molar-refractivity contribution in [2.24, 2.45) is 5.92 Å². The molecule has 0 bridgehead atoms. The lowest BCUT2D eigenvalue weighted by molar-refractivity contribution is 0.302. The van der Waals surface area contributed by atoms with Crippen LogP contribution in [0.2, 0.25) is 0 Å².